The Hall–Kier alpha value is -3.26. The average Bonchev–Trinajstić information content (AvgIpc) is 3.22. The van der Waals surface area contributed by atoms with Crippen molar-refractivity contribution >= 4 is 33.8 Å². The van der Waals surface area contributed by atoms with Gasteiger partial charge in [0.1, 0.15) is 5.69 Å². The standard InChI is InChI=1S/C20H12F3N3OS/c21-20(22,23)14-5-1-4-13(9-14)15-8-7-12-3-2-6-16(18(12)25-15)26-19(27)17-10-28-11-24-17/h1-11H,(H,26,27). The topological polar surface area (TPSA) is 54.9 Å². The number of nitrogens with one attached hydrogen (secondary N) is 1. The summed E-state index contributed by atoms with van der Waals surface area (Å²) in [4.78, 5) is 20.8. The molecule has 1 N–H and O–H groups in total. The zero-order chi connectivity index (χ0) is 19.7. The molecule has 4 nitrogen and oxygen atoms in total. The predicted molar refractivity (Wildman–Crippen MR) is 102 cm³/mol. The molecule has 0 aliphatic heterocycles. The van der Waals surface area contributed by atoms with Crippen LogP contribution in [0.5, 0.6) is 0 Å². The van der Waals surface area contributed by atoms with E-state index in [4.69, 9.17) is 0 Å². The van der Waals surface area contributed by atoms with Gasteiger partial charge in [-0.25, -0.2) is 9.97 Å². The molecule has 8 heteroatoms. The van der Waals surface area contributed by atoms with Crippen molar-refractivity contribution in [2.45, 2.75) is 6.18 Å². The minimum Gasteiger partial charge on any atom is -0.319 e. The Balaban J connectivity index is 1.75. The van der Waals surface area contributed by atoms with Gasteiger partial charge in [-0.2, -0.15) is 13.2 Å². The largest absolute Gasteiger partial charge is 0.416 e. The van der Waals surface area contributed by atoms with Gasteiger partial charge in [0, 0.05) is 16.3 Å². The first-order chi connectivity index (χ1) is 13.4. The Bertz CT molecular complexity index is 1160. The third-order valence-electron chi connectivity index (χ3n) is 4.12. The van der Waals surface area contributed by atoms with E-state index < -0.39 is 11.7 Å². The molecule has 0 spiro atoms. The van der Waals surface area contributed by atoms with Gasteiger partial charge in [0.2, 0.25) is 0 Å². The van der Waals surface area contributed by atoms with E-state index >= 15 is 0 Å². The lowest BCUT2D eigenvalue weighted by Crippen LogP contribution is -2.12. The molecule has 2 aromatic heterocycles. The maximum atomic E-state index is 13.0. The van der Waals surface area contributed by atoms with Crippen LogP contribution in [0, 0.1) is 0 Å². The Morgan fingerprint density at radius 2 is 1.86 bits per heavy atom. The molecule has 2 aromatic carbocycles. The number of carbonyl (C=O) groups is 1. The van der Waals surface area contributed by atoms with E-state index in [1.165, 1.54) is 17.4 Å². The van der Waals surface area contributed by atoms with Gasteiger partial charge in [0.05, 0.1) is 28.0 Å². The van der Waals surface area contributed by atoms with Gasteiger partial charge < -0.3 is 5.32 Å². The van der Waals surface area contributed by atoms with E-state index in [0.29, 0.717) is 22.5 Å². The van der Waals surface area contributed by atoms with Gasteiger partial charge >= 0.3 is 6.18 Å². The fourth-order valence-corrected chi connectivity index (χ4v) is 3.31. The summed E-state index contributed by atoms with van der Waals surface area (Å²) in [6.07, 6.45) is -4.43. The Morgan fingerprint density at radius 3 is 2.61 bits per heavy atom. The number of alkyl halides is 3. The number of carbonyl (C=O) groups excluding carboxylic acids is 1. The lowest BCUT2D eigenvalue weighted by Gasteiger charge is -2.11. The van der Waals surface area contributed by atoms with Crippen LogP contribution in [0.1, 0.15) is 16.1 Å². The molecule has 0 unspecified atom stereocenters. The van der Waals surface area contributed by atoms with Crippen molar-refractivity contribution < 1.29 is 18.0 Å². The molecule has 0 saturated carbocycles. The molecule has 140 valence electrons. The second-order valence-corrected chi connectivity index (χ2v) is 6.70. The zero-order valence-electron chi connectivity index (χ0n) is 14.2. The lowest BCUT2D eigenvalue weighted by atomic mass is 10.1. The SMILES string of the molecule is O=C(Nc1cccc2ccc(-c3cccc(C(F)(F)F)c3)nc12)c1cscn1. The molecule has 4 rings (SSSR count). The average molecular weight is 399 g/mol. The molecule has 0 atom stereocenters. The van der Waals surface area contributed by atoms with E-state index in [2.05, 4.69) is 15.3 Å². The summed E-state index contributed by atoms with van der Waals surface area (Å²) in [6, 6.07) is 13.7. The molecule has 1 amide bonds. The van der Waals surface area contributed by atoms with Crippen LogP contribution in [-0.4, -0.2) is 15.9 Å². The van der Waals surface area contributed by atoms with E-state index in [9.17, 15) is 18.0 Å². The number of fused-ring (bicyclic) bond motifs is 1. The molecular weight excluding hydrogens is 387 g/mol. The maximum absolute atomic E-state index is 13.0. The van der Waals surface area contributed by atoms with E-state index in [1.807, 2.05) is 6.07 Å². The molecule has 0 bridgehead atoms. The van der Waals surface area contributed by atoms with E-state index in [1.54, 1.807) is 41.2 Å². The number of benzene rings is 2. The quantitative estimate of drug-likeness (QED) is 0.486. The number of rotatable bonds is 3. The number of nitrogens with zero attached hydrogens (tertiary/aromatic N) is 2. The summed E-state index contributed by atoms with van der Waals surface area (Å²) in [5.41, 5.74) is 2.78. The van der Waals surface area contributed by atoms with Crippen molar-refractivity contribution in [2.24, 2.45) is 0 Å². The fourth-order valence-electron chi connectivity index (χ4n) is 2.77. The van der Waals surface area contributed by atoms with E-state index in [0.717, 1.165) is 17.5 Å². The Kier molecular flexibility index (Phi) is 4.56. The third-order valence-corrected chi connectivity index (χ3v) is 4.71. The number of hydrogen-bond acceptors (Lipinski definition) is 4. The summed E-state index contributed by atoms with van der Waals surface area (Å²) in [7, 11) is 0. The van der Waals surface area contributed by atoms with Crippen molar-refractivity contribution in [1.29, 1.82) is 0 Å². The minimum atomic E-state index is -4.43. The highest BCUT2D eigenvalue weighted by atomic mass is 32.1. The van der Waals surface area contributed by atoms with Crippen molar-refractivity contribution in [2.75, 3.05) is 5.32 Å². The molecule has 28 heavy (non-hydrogen) atoms. The first kappa shape index (κ1) is 18.1. The number of hydrogen-bond donors (Lipinski definition) is 1. The lowest BCUT2D eigenvalue weighted by molar-refractivity contribution is -0.137. The van der Waals surface area contributed by atoms with Gasteiger partial charge in [-0.3, -0.25) is 4.79 Å². The van der Waals surface area contributed by atoms with Gasteiger partial charge in [-0.15, -0.1) is 11.3 Å². The van der Waals surface area contributed by atoms with Crippen molar-refractivity contribution in [3.8, 4) is 11.3 Å². The van der Waals surface area contributed by atoms with E-state index in [-0.39, 0.29) is 11.6 Å². The highest BCUT2D eigenvalue weighted by molar-refractivity contribution is 7.07. The third kappa shape index (κ3) is 3.59. The molecular formula is C20H12F3N3OS. The van der Waals surface area contributed by atoms with Crippen LogP contribution >= 0.6 is 11.3 Å². The monoisotopic (exact) mass is 399 g/mol. The predicted octanol–water partition coefficient (Wildman–Crippen LogP) is 5.63. The molecule has 0 radical (unpaired) electrons. The second-order valence-electron chi connectivity index (χ2n) is 5.98. The van der Waals surface area contributed by atoms with Crippen LogP contribution in [-0.2, 0) is 6.18 Å². The summed E-state index contributed by atoms with van der Waals surface area (Å²) >= 11 is 1.31. The summed E-state index contributed by atoms with van der Waals surface area (Å²) < 4.78 is 39.0. The molecule has 0 saturated heterocycles. The van der Waals surface area contributed by atoms with Crippen LogP contribution in [0.3, 0.4) is 0 Å². The van der Waals surface area contributed by atoms with Crippen LogP contribution < -0.4 is 5.32 Å². The highest BCUT2D eigenvalue weighted by Gasteiger charge is 2.30. The first-order valence-corrected chi connectivity index (χ1v) is 9.13. The Labute approximate surface area is 161 Å². The van der Waals surface area contributed by atoms with Crippen LogP contribution in [0.2, 0.25) is 0 Å². The molecule has 0 fully saturated rings. The maximum Gasteiger partial charge on any atom is 0.416 e. The van der Waals surface area contributed by atoms with Gasteiger partial charge in [0.25, 0.3) is 5.91 Å². The van der Waals surface area contributed by atoms with Gasteiger partial charge in [-0.05, 0) is 24.3 Å². The minimum absolute atomic E-state index is 0.288. The highest BCUT2D eigenvalue weighted by Crippen LogP contribution is 2.32. The first-order valence-electron chi connectivity index (χ1n) is 8.19. The molecule has 0 aliphatic carbocycles. The van der Waals surface area contributed by atoms with Crippen LogP contribution in [0.25, 0.3) is 22.2 Å². The van der Waals surface area contributed by atoms with Gasteiger partial charge in [-0.1, -0.05) is 30.3 Å². The number of halogens is 3. The fraction of sp³-hybridized carbons (Fsp3) is 0.0500. The van der Waals surface area contributed by atoms with Crippen molar-refractivity contribution in [3.05, 3.63) is 76.7 Å². The molecule has 0 aliphatic rings. The smallest absolute Gasteiger partial charge is 0.319 e. The number of anilines is 1. The number of para-hydroxylation sites is 1. The number of thiazole rings is 1. The normalized spacial score (nSPS) is 11.5. The Morgan fingerprint density at radius 1 is 1.04 bits per heavy atom. The van der Waals surface area contributed by atoms with Gasteiger partial charge in [0.15, 0.2) is 0 Å². The van der Waals surface area contributed by atoms with Crippen LogP contribution in [0.4, 0.5) is 18.9 Å². The number of amides is 1. The molecule has 2 heterocycles. The number of pyridine rings is 1. The summed E-state index contributed by atoms with van der Waals surface area (Å²) in [5.74, 6) is -0.375. The van der Waals surface area contributed by atoms with Crippen LogP contribution in [0.15, 0.2) is 65.5 Å². The second kappa shape index (κ2) is 7.05. The summed E-state index contributed by atoms with van der Waals surface area (Å²) in [6.45, 7) is 0. The molecule has 4 aromatic rings. The number of aromatic nitrogens is 2. The van der Waals surface area contributed by atoms with Crippen molar-refractivity contribution in [3.63, 3.8) is 0 Å². The summed E-state index contributed by atoms with van der Waals surface area (Å²) in [5, 5.41) is 5.15. The zero-order valence-corrected chi connectivity index (χ0v) is 15.0. The van der Waals surface area contributed by atoms with Crippen molar-refractivity contribution in [1.82, 2.24) is 9.97 Å².